The smallest absolute Gasteiger partial charge is 0.352 e. The van der Waals surface area contributed by atoms with Crippen LogP contribution in [-0.4, -0.2) is 27.8 Å². The number of hydrogen-bond donors (Lipinski definition) is 2. The molecule has 0 spiro atoms. The summed E-state index contributed by atoms with van der Waals surface area (Å²) in [5.41, 5.74) is -1.79. The van der Waals surface area contributed by atoms with Crippen molar-refractivity contribution in [2.75, 3.05) is 0 Å². The van der Waals surface area contributed by atoms with Crippen LogP contribution in [-0.2, 0) is 9.59 Å². The number of rotatable bonds is 4. The predicted octanol–water partition coefficient (Wildman–Crippen LogP) is 2.76. The summed E-state index contributed by atoms with van der Waals surface area (Å²) in [5.74, 6) is -2.98. The molecule has 1 aliphatic carbocycles. The Morgan fingerprint density at radius 3 is 2.38 bits per heavy atom. The standard InChI is InChI=1S/C15H13ClO5/c1-9-12(13(17)18)3-2-8-15(9,14(19)20)21-11-6-4-10(16)5-7-11/h2-9H,1H3,(H,17,18)(H,19,20). The molecule has 21 heavy (non-hydrogen) atoms. The summed E-state index contributed by atoms with van der Waals surface area (Å²) in [4.78, 5) is 22.9. The van der Waals surface area contributed by atoms with Crippen LogP contribution in [0.1, 0.15) is 6.92 Å². The molecule has 6 heteroatoms. The van der Waals surface area contributed by atoms with Crippen molar-refractivity contribution in [2.45, 2.75) is 12.5 Å². The quantitative estimate of drug-likeness (QED) is 0.893. The van der Waals surface area contributed by atoms with E-state index < -0.39 is 23.5 Å². The van der Waals surface area contributed by atoms with E-state index in [4.69, 9.17) is 21.4 Å². The highest BCUT2D eigenvalue weighted by atomic mass is 35.5. The van der Waals surface area contributed by atoms with E-state index >= 15 is 0 Å². The van der Waals surface area contributed by atoms with E-state index in [-0.39, 0.29) is 5.57 Å². The summed E-state index contributed by atoms with van der Waals surface area (Å²) in [6.07, 6.45) is 4.11. The second-order valence-electron chi connectivity index (χ2n) is 4.66. The summed E-state index contributed by atoms with van der Waals surface area (Å²) >= 11 is 5.77. The van der Waals surface area contributed by atoms with Crippen LogP contribution in [0.25, 0.3) is 0 Å². The van der Waals surface area contributed by atoms with Gasteiger partial charge in [-0.2, -0.15) is 0 Å². The number of hydrogen-bond acceptors (Lipinski definition) is 3. The first-order chi connectivity index (χ1) is 9.86. The summed E-state index contributed by atoms with van der Waals surface area (Å²) < 4.78 is 5.60. The molecule has 1 aromatic rings. The van der Waals surface area contributed by atoms with Crippen molar-refractivity contribution in [3.63, 3.8) is 0 Å². The molecule has 0 heterocycles. The van der Waals surface area contributed by atoms with E-state index in [1.807, 2.05) is 0 Å². The lowest BCUT2D eigenvalue weighted by molar-refractivity contribution is -0.154. The summed E-state index contributed by atoms with van der Waals surface area (Å²) in [6.45, 7) is 1.51. The zero-order chi connectivity index (χ0) is 15.6. The summed E-state index contributed by atoms with van der Waals surface area (Å²) in [6, 6.07) is 6.20. The van der Waals surface area contributed by atoms with Crippen LogP contribution >= 0.6 is 11.6 Å². The monoisotopic (exact) mass is 308 g/mol. The van der Waals surface area contributed by atoms with Gasteiger partial charge >= 0.3 is 11.9 Å². The molecule has 0 saturated heterocycles. The van der Waals surface area contributed by atoms with Gasteiger partial charge in [0.05, 0.1) is 0 Å². The second-order valence-corrected chi connectivity index (χ2v) is 5.10. The Kier molecular flexibility index (Phi) is 4.04. The van der Waals surface area contributed by atoms with E-state index in [2.05, 4.69) is 0 Å². The minimum atomic E-state index is -1.77. The number of carbonyl (C=O) groups is 2. The van der Waals surface area contributed by atoms with Gasteiger partial charge in [0.2, 0.25) is 5.60 Å². The van der Waals surface area contributed by atoms with Crippen molar-refractivity contribution in [3.8, 4) is 5.75 Å². The lowest BCUT2D eigenvalue weighted by Gasteiger charge is -2.35. The fraction of sp³-hybridized carbons (Fsp3) is 0.200. The first-order valence-electron chi connectivity index (χ1n) is 6.17. The average molecular weight is 309 g/mol. The Labute approximate surface area is 126 Å². The number of carboxylic acid groups (broad SMARTS) is 2. The number of halogens is 1. The maximum Gasteiger partial charge on any atom is 0.352 e. The molecule has 1 aromatic carbocycles. The number of allylic oxidation sites excluding steroid dienone is 2. The zero-order valence-electron chi connectivity index (χ0n) is 11.1. The highest BCUT2D eigenvalue weighted by Crippen LogP contribution is 2.35. The first kappa shape index (κ1) is 15.1. The van der Waals surface area contributed by atoms with Crippen molar-refractivity contribution >= 4 is 23.5 Å². The van der Waals surface area contributed by atoms with E-state index in [1.165, 1.54) is 37.3 Å². The van der Waals surface area contributed by atoms with E-state index in [1.54, 1.807) is 12.1 Å². The second kappa shape index (κ2) is 5.61. The van der Waals surface area contributed by atoms with Crippen molar-refractivity contribution in [1.82, 2.24) is 0 Å². The average Bonchev–Trinajstić information content (AvgIpc) is 2.43. The SMILES string of the molecule is CC1C(C(=O)O)=CC=CC1(Oc1ccc(Cl)cc1)C(=O)O. The molecule has 0 bridgehead atoms. The van der Waals surface area contributed by atoms with Gasteiger partial charge in [0.1, 0.15) is 5.75 Å². The molecule has 0 aromatic heterocycles. The van der Waals surface area contributed by atoms with Gasteiger partial charge < -0.3 is 14.9 Å². The van der Waals surface area contributed by atoms with Crippen LogP contribution in [0.4, 0.5) is 0 Å². The van der Waals surface area contributed by atoms with Crippen molar-refractivity contribution < 1.29 is 24.5 Å². The van der Waals surface area contributed by atoms with Gasteiger partial charge in [-0.1, -0.05) is 30.7 Å². The van der Waals surface area contributed by atoms with Crippen LogP contribution < -0.4 is 4.74 Å². The highest BCUT2D eigenvalue weighted by Gasteiger charge is 2.48. The highest BCUT2D eigenvalue weighted by molar-refractivity contribution is 6.30. The Bertz CT molecular complexity index is 632. The lowest BCUT2D eigenvalue weighted by Crippen LogP contribution is -2.51. The van der Waals surface area contributed by atoms with Crippen LogP contribution in [0, 0.1) is 5.92 Å². The maximum atomic E-state index is 11.7. The van der Waals surface area contributed by atoms with Crippen molar-refractivity contribution in [1.29, 1.82) is 0 Å². The largest absolute Gasteiger partial charge is 0.478 e. The molecule has 0 saturated carbocycles. The number of ether oxygens (including phenoxy) is 1. The maximum absolute atomic E-state index is 11.7. The molecule has 0 radical (unpaired) electrons. The molecule has 0 aliphatic heterocycles. The van der Waals surface area contributed by atoms with E-state index in [0.29, 0.717) is 10.8 Å². The molecule has 1 aliphatic rings. The topological polar surface area (TPSA) is 83.8 Å². The van der Waals surface area contributed by atoms with E-state index in [9.17, 15) is 14.7 Å². The van der Waals surface area contributed by atoms with Crippen LogP contribution in [0.5, 0.6) is 5.75 Å². The fourth-order valence-electron chi connectivity index (χ4n) is 2.19. The minimum absolute atomic E-state index is 0.0196. The third-order valence-corrected chi connectivity index (χ3v) is 3.66. The van der Waals surface area contributed by atoms with Gasteiger partial charge in [0, 0.05) is 16.5 Å². The van der Waals surface area contributed by atoms with Gasteiger partial charge in [-0.05, 0) is 30.3 Å². The van der Waals surface area contributed by atoms with Gasteiger partial charge in [0.25, 0.3) is 0 Å². The molecule has 2 unspecified atom stereocenters. The molecular weight excluding hydrogens is 296 g/mol. The Balaban J connectivity index is 2.41. The van der Waals surface area contributed by atoms with Crippen molar-refractivity contribution in [2.24, 2.45) is 5.92 Å². The number of carboxylic acids is 2. The summed E-state index contributed by atoms with van der Waals surface area (Å²) in [7, 11) is 0. The Hall–Kier alpha value is -2.27. The lowest BCUT2D eigenvalue weighted by atomic mass is 9.79. The Morgan fingerprint density at radius 1 is 1.24 bits per heavy atom. The van der Waals surface area contributed by atoms with Gasteiger partial charge in [-0.15, -0.1) is 0 Å². The molecule has 2 rings (SSSR count). The third kappa shape index (κ3) is 2.78. The normalized spacial score (nSPS) is 24.3. The first-order valence-corrected chi connectivity index (χ1v) is 6.55. The van der Waals surface area contributed by atoms with Crippen LogP contribution in [0.15, 0.2) is 48.1 Å². The predicted molar refractivity (Wildman–Crippen MR) is 76.5 cm³/mol. The van der Waals surface area contributed by atoms with E-state index in [0.717, 1.165) is 0 Å². The Morgan fingerprint density at radius 2 is 1.86 bits per heavy atom. The third-order valence-electron chi connectivity index (χ3n) is 3.41. The molecular formula is C15H13ClO5. The van der Waals surface area contributed by atoms with Crippen LogP contribution in [0.2, 0.25) is 5.02 Å². The van der Waals surface area contributed by atoms with Crippen molar-refractivity contribution in [3.05, 3.63) is 53.1 Å². The molecule has 110 valence electrons. The molecule has 0 amide bonds. The molecule has 2 atom stereocenters. The number of aliphatic carboxylic acids is 2. The molecule has 5 nitrogen and oxygen atoms in total. The van der Waals surface area contributed by atoms with Crippen LogP contribution in [0.3, 0.4) is 0 Å². The van der Waals surface area contributed by atoms with Gasteiger partial charge in [-0.3, -0.25) is 0 Å². The minimum Gasteiger partial charge on any atom is -0.478 e. The fourth-order valence-corrected chi connectivity index (χ4v) is 2.32. The number of benzene rings is 1. The molecule has 0 fully saturated rings. The zero-order valence-corrected chi connectivity index (χ0v) is 11.9. The van der Waals surface area contributed by atoms with Gasteiger partial charge in [-0.25, -0.2) is 9.59 Å². The van der Waals surface area contributed by atoms with Gasteiger partial charge in [0.15, 0.2) is 0 Å². The summed E-state index contributed by atoms with van der Waals surface area (Å²) in [5, 5.41) is 19.2. The molecule has 2 N–H and O–H groups in total.